The van der Waals surface area contributed by atoms with Gasteiger partial charge in [0.2, 0.25) is 0 Å². The number of ether oxygens (including phenoxy) is 1. The molecule has 2 aromatic rings. The van der Waals surface area contributed by atoms with E-state index in [1.54, 1.807) is 0 Å². The second kappa shape index (κ2) is 6.43. The minimum absolute atomic E-state index is 0.118. The van der Waals surface area contributed by atoms with E-state index in [-0.39, 0.29) is 5.91 Å². The highest BCUT2D eigenvalue weighted by atomic mass is 16.5. The number of hydrogen-bond donors (Lipinski definition) is 1. The SMILES string of the molecule is Cc1nn(C)c(N2CCC2)c1NC(=O)c1ccc(OC2CCC2)cc1. The Hall–Kier alpha value is -2.50. The summed E-state index contributed by atoms with van der Waals surface area (Å²) in [6.45, 7) is 3.94. The largest absolute Gasteiger partial charge is 0.490 e. The molecule has 1 saturated carbocycles. The van der Waals surface area contributed by atoms with Crippen LogP contribution in [-0.2, 0) is 7.05 Å². The first-order valence-electron chi connectivity index (χ1n) is 8.98. The number of nitrogens with one attached hydrogen (secondary N) is 1. The van der Waals surface area contributed by atoms with Gasteiger partial charge in [0.1, 0.15) is 11.4 Å². The number of aromatic nitrogens is 2. The number of benzene rings is 1. The molecule has 2 fully saturated rings. The van der Waals surface area contributed by atoms with Crippen LogP contribution < -0.4 is 15.0 Å². The van der Waals surface area contributed by atoms with Gasteiger partial charge in [0, 0.05) is 25.7 Å². The molecule has 2 heterocycles. The zero-order valence-corrected chi connectivity index (χ0v) is 14.8. The van der Waals surface area contributed by atoms with E-state index >= 15 is 0 Å². The molecule has 6 heteroatoms. The molecule has 1 N–H and O–H groups in total. The Balaban J connectivity index is 1.48. The van der Waals surface area contributed by atoms with Gasteiger partial charge >= 0.3 is 0 Å². The normalized spacial score (nSPS) is 17.0. The summed E-state index contributed by atoms with van der Waals surface area (Å²) in [5.41, 5.74) is 2.27. The van der Waals surface area contributed by atoms with E-state index in [1.807, 2.05) is 42.9 Å². The maximum absolute atomic E-state index is 12.7. The summed E-state index contributed by atoms with van der Waals surface area (Å²) < 4.78 is 7.69. The highest BCUT2D eigenvalue weighted by Crippen LogP contribution is 2.32. The van der Waals surface area contributed by atoms with Crippen LogP contribution in [-0.4, -0.2) is 34.9 Å². The van der Waals surface area contributed by atoms with E-state index < -0.39 is 0 Å². The second-order valence-electron chi connectivity index (χ2n) is 6.90. The third-order valence-corrected chi connectivity index (χ3v) is 5.06. The van der Waals surface area contributed by atoms with Crippen LogP contribution >= 0.6 is 0 Å². The molecule has 0 atom stereocenters. The van der Waals surface area contributed by atoms with E-state index in [9.17, 15) is 4.79 Å². The summed E-state index contributed by atoms with van der Waals surface area (Å²) in [5, 5.41) is 7.51. The summed E-state index contributed by atoms with van der Waals surface area (Å²) >= 11 is 0. The molecule has 0 spiro atoms. The van der Waals surface area contributed by atoms with Crippen molar-refractivity contribution in [2.75, 3.05) is 23.3 Å². The first-order chi connectivity index (χ1) is 12.1. The fourth-order valence-corrected chi connectivity index (χ4v) is 3.23. The Kier molecular flexibility index (Phi) is 4.11. The van der Waals surface area contributed by atoms with Gasteiger partial charge in [0.25, 0.3) is 5.91 Å². The number of carbonyl (C=O) groups excluding carboxylic acids is 1. The molecule has 0 radical (unpaired) electrons. The molecular weight excluding hydrogens is 316 g/mol. The first-order valence-corrected chi connectivity index (χ1v) is 8.98. The fraction of sp³-hybridized carbons (Fsp3) is 0.474. The van der Waals surface area contributed by atoms with Gasteiger partial charge in [-0.1, -0.05) is 0 Å². The first kappa shape index (κ1) is 16.0. The van der Waals surface area contributed by atoms with Crippen molar-refractivity contribution in [3.05, 3.63) is 35.5 Å². The zero-order valence-electron chi connectivity index (χ0n) is 14.8. The zero-order chi connectivity index (χ0) is 17.4. The highest BCUT2D eigenvalue weighted by molar-refractivity contribution is 6.06. The van der Waals surface area contributed by atoms with Crippen molar-refractivity contribution in [3.63, 3.8) is 0 Å². The highest BCUT2D eigenvalue weighted by Gasteiger charge is 2.25. The van der Waals surface area contributed by atoms with Gasteiger partial charge in [-0.25, -0.2) is 0 Å². The molecule has 0 bridgehead atoms. The average Bonchev–Trinajstić information content (AvgIpc) is 2.77. The molecule has 1 saturated heterocycles. The lowest BCUT2D eigenvalue weighted by atomic mass is 9.96. The summed E-state index contributed by atoms with van der Waals surface area (Å²) in [6.07, 6.45) is 5.02. The molecular formula is C19H24N4O2. The van der Waals surface area contributed by atoms with E-state index in [2.05, 4.69) is 15.3 Å². The molecule has 1 aliphatic heterocycles. The Bertz CT molecular complexity index is 773. The van der Waals surface area contributed by atoms with Crippen molar-refractivity contribution in [1.82, 2.24) is 9.78 Å². The standard InChI is InChI=1S/C19H24N4O2/c1-13-17(19(22(2)21-13)23-11-4-12-23)20-18(24)14-7-9-16(10-8-14)25-15-5-3-6-15/h7-10,15H,3-6,11-12H2,1-2H3,(H,20,24). The average molecular weight is 340 g/mol. The van der Waals surface area contributed by atoms with Crippen LogP contribution in [0.25, 0.3) is 0 Å². The number of amides is 1. The van der Waals surface area contributed by atoms with E-state index in [1.165, 1.54) is 12.8 Å². The maximum Gasteiger partial charge on any atom is 0.255 e. The van der Waals surface area contributed by atoms with Gasteiger partial charge < -0.3 is 15.0 Å². The molecule has 4 rings (SSSR count). The van der Waals surface area contributed by atoms with Gasteiger partial charge in [-0.2, -0.15) is 5.10 Å². The van der Waals surface area contributed by atoms with Crippen LogP contribution in [0.1, 0.15) is 41.7 Å². The minimum atomic E-state index is -0.118. The Labute approximate surface area is 147 Å². The molecule has 1 aromatic heterocycles. The molecule has 6 nitrogen and oxygen atoms in total. The number of aryl methyl sites for hydroxylation is 2. The lowest BCUT2D eigenvalue weighted by Gasteiger charge is -2.33. The van der Waals surface area contributed by atoms with E-state index in [0.29, 0.717) is 11.7 Å². The third-order valence-electron chi connectivity index (χ3n) is 5.06. The van der Waals surface area contributed by atoms with E-state index in [4.69, 9.17) is 4.74 Å². The smallest absolute Gasteiger partial charge is 0.255 e. The van der Waals surface area contributed by atoms with Crippen LogP contribution in [0.3, 0.4) is 0 Å². The van der Waals surface area contributed by atoms with Crippen molar-refractivity contribution in [2.24, 2.45) is 7.05 Å². The second-order valence-corrected chi connectivity index (χ2v) is 6.90. The predicted octanol–water partition coefficient (Wildman–Crippen LogP) is 3.12. The number of anilines is 2. The number of nitrogens with zero attached hydrogens (tertiary/aromatic N) is 3. The monoisotopic (exact) mass is 340 g/mol. The maximum atomic E-state index is 12.7. The summed E-state index contributed by atoms with van der Waals surface area (Å²) in [7, 11) is 1.92. The molecule has 1 amide bonds. The fourth-order valence-electron chi connectivity index (χ4n) is 3.23. The van der Waals surface area contributed by atoms with Gasteiger partial charge in [-0.05, 0) is 56.9 Å². The third kappa shape index (κ3) is 3.08. The molecule has 2 aliphatic rings. The lowest BCUT2D eigenvalue weighted by molar-refractivity contribution is 0.102. The summed E-state index contributed by atoms with van der Waals surface area (Å²) in [5.74, 6) is 1.70. The van der Waals surface area contributed by atoms with Crippen LogP contribution in [0.15, 0.2) is 24.3 Å². The van der Waals surface area contributed by atoms with Crippen LogP contribution in [0.5, 0.6) is 5.75 Å². The number of carbonyl (C=O) groups is 1. The van der Waals surface area contributed by atoms with Gasteiger partial charge in [0.15, 0.2) is 5.82 Å². The Morgan fingerprint density at radius 3 is 2.48 bits per heavy atom. The Morgan fingerprint density at radius 1 is 1.20 bits per heavy atom. The van der Waals surface area contributed by atoms with Crippen LogP contribution in [0.4, 0.5) is 11.5 Å². The number of rotatable bonds is 5. The molecule has 1 aromatic carbocycles. The minimum Gasteiger partial charge on any atom is -0.490 e. The van der Waals surface area contributed by atoms with Crippen molar-refractivity contribution in [2.45, 2.75) is 38.7 Å². The Morgan fingerprint density at radius 2 is 1.92 bits per heavy atom. The van der Waals surface area contributed by atoms with Gasteiger partial charge in [-0.3, -0.25) is 9.48 Å². The summed E-state index contributed by atoms with van der Waals surface area (Å²) in [4.78, 5) is 14.9. The lowest BCUT2D eigenvalue weighted by Crippen LogP contribution is -2.39. The van der Waals surface area contributed by atoms with Crippen molar-refractivity contribution in [1.29, 1.82) is 0 Å². The van der Waals surface area contributed by atoms with Crippen LogP contribution in [0, 0.1) is 6.92 Å². The molecule has 1 aliphatic carbocycles. The quantitative estimate of drug-likeness (QED) is 0.908. The van der Waals surface area contributed by atoms with Crippen LogP contribution in [0.2, 0.25) is 0 Å². The van der Waals surface area contributed by atoms with Crippen molar-refractivity contribution < 1.29 is 9.53 Å². The van der Waals surface area contributed by atoms with E-state index in [0.717, 1.165) is 48.9 Å². The van der Waals surface area contributed by atoms with Crippen molar-refractivity contribution in [3.8, 4) is 5.75 Å². The van der Waals surface area contributed by atoms with Gasteiger partial charge in [-0.15, -0.1) is 0 Å². The molecule has 132 valence electrons. The molecule has 0 unspecified atom stereocenters. The predicted molar refractivity (Wildman–Crippen MR) is 97.4 cm³/mol. The number of hydrogen-bond acceptors (Lipinski definition) is 4. The van der Waals surface area contributed by atoms with Gasteiger partial charge in [0.05, 0.1) is 11.8 Å². The summed E-state index contributed by atoms with van der Waals surface area (Å²) in [6, 6.07) is 7.38. The van der Waals surface area contributed by atoms with Crippen molar-refractivity contribution >= 4 is 17.4 Å². The topological polar surface area (TPSA) is 59.4 Å². The molecule has 25 heavy (non-hydrogen) atoms.